The van der Waals surface area contributed by atoms with Crippen LogP contribution in [0.15, 0.2) is 18.2 Å². The molecule has 1 aromatic rings. The molecule has 2 heteroatoms. The molecule has 1 heterocycles. The Morgan fingerprint density at radius 2 is 1.93 bits per heavy atom. The van der Waals surface area contributed by atoms with Gasteiger partial charge in [0.1, 0.15) is 17.2 Å². The molecule has 0 aromatic heterocycles. The highest BCUT2D eigenvalue weighted by Gasteiger charge is 2.26. The van der Waals surface area contributed by atoms with Crippen molar-refractivity contribution in [3.05, 3.63) is 29.6 Å². The van der Waals surface area contributed by atoms with E-state index < -0.39 is 0 Å². The smallest absolute Gasteiger partial charge is 0.123 e. The lowest BCUT2D eigenvalue weighted by Crippen LogP contribution is -2.32. The van der Waals surface area contributed by atoms with Crippen LogP contribution in [0, 0.1) is 5.82 Å². The van der Waals surface area contributed by atoms with Crippen LogP contribution >= 0.6 is 0 Å². The standard InChI is InChI=1S/C11H13FO.C2H6/c1-11(2)6-5-8-7-9(12)3-4-10(8)13-11;1-2/h3-4,7H,5-6H2,1-2H3;1-2H3. The number of aryl methyl sites for hydroxylation is 1. The van der Waals surface area contributed by atoms with Crippen LogP contribution in [0.1, 0.15) is 39.7 Å². The number of benzene rings is 1. The number of halogens is 1. The normalized spacial score (nSPS) is 16.9. The Kier molecular flexibility index (Phi) is 3.72. The summed E-state index contributed by atoms with van der Waals surface area (Å²) in [5.41, 5.74) is 0.879. The molecule has 2 rings (SSSR count). The molecule has 0 N–H and O–H groups in total. The van der Waals surface area contributed by atoms with E-state index >= 15 is 0 Å². The molecule has 1 aromatic carbocycles. The van der Waals surface area contributed by atoms with Crippen molar-refractivity contribution in [2.24, 2.45) is 0 Å². The van der Waals surface area contributed by atoms with Gasteiger partial charge < -0.3 is 4.74 Å². The van der Waals surface area contributed by atoms with Crippen molar-refractivity contribution in [2.75, 3.05) is 0 Å². The number of hydrogen-bond donors (Lipinski definition) is 0. The van der Waals surface area contributed by atoms with E-state index in [4.69, 9.17) is 4.74 Å². The highest BCUT2D eigenvalue weighted by Crippen LogP contribution is 2.32. The van der Waals surface area contributed by atoms with E-state index in [9.17, 15) is 4.39 Å². The van der Waals surface area contributed by atoms with Gasteiger partial charge in [0.2, 0.25) is 0 Å². The first-order valence-electron chi connectivity index (χ1n) is 5.54. The zero-order valence-corrected chi connectivity index (χ0v) is 9.93. The summed E-state index contributed by atoms with van der Waals surface area (Å²) in [7, 11) is 0. The molecule has 0 aliphatic carbocycles. The molecule has 0 bridgehead atoms. The maximum Gasteiger partial charge on any atom is 0.123 e. The fourth-order valence-corrected chi connectivity index (χ4v) is 1.63. The maximum atomic E-state index is 12.8. The zero-order valence-electron chi connectivity index (χ0n) is 9.93. The lowest BCUT2D eigenvalue weighted by atomic mass is 9.94. The maximum absolute atomic E-state index is 12.8. The second-order valence-electron chi connectivity index (χ2n) is 4.11. The van der Waals surface area contributed by atoms with Crippen molar-refractivity contribution < 1.29 is 9.13 Å². The molecule has 0 saturated carbocycles. The molecular weight excluding hydrogens is 191 g/mol. The van der Waals surface area contributed by atoms with E-state index in [1.165, 1.54) is 6.07 Å². The van der Waals surface area contributed by atoms with Crippen molar-refractivity contribution in [1.82, 2.24) is 0 Å². The monoisotopic (exact) mass is 210 g/mol. The molecule has 0 amide bonds. The summed E-state index contributed by atoms with van der Waals surface area (Å²) >= 11 is 0. The van der Waals surface area contributed by atoms with Crippen molar-refractivity contribution in [3.8, 4) is 5.75 Å². The average Bonchev–Trinajstić information content (AvgIpc) is 2.21. The Bertz CT molecular complexity index is 331. The molecule has 0 atom stereocenters. The summed E-state index contributed by atoms with van der Waals surface area (Å²) in [6.07, 6.45) is 1.85. The quantitative estimate of drug-likeness (QED) is 0.630. The summed E-state index contributed by atoms with van der Waals surface area (Å²) in [6, 6.07) is 4.72. The van der Waals surface area contributed by atoms with Crippen LogP contribution in [0.5, 0.6) is 5.75 Å². The molecule has 0 saturated heterocycles. The van der Waals surface area contributed by atoms with Gasteiger partial charge in [0, 0.05) is 0 Å². The van der Waals surface area contributed by atoms with Gasteiger partial charge >= 0.3 is 0 Å². The van der Waals surface area contributed by atoms with Crippen molar-refractivity contribution in [2.45, 2.75) is 46.1 Å². The third-order valence-electron chi connectivity index (χ3n) is 2.41. The van der Waals surface area contributed by atoms with Crippen LogP contribution in [0.25, 0.3) is 0 Å². The van der Waals surface area contributed by atoms with Crippen LogP contribution in [-0.2, 0) is 6.42 Å². The molecule has 15 heavy (non-hydrogen) atoms. The van der Waals surface area contributed by atoms with E-state index in [1.54, 1.807) is 12.1 Å². The first-order chi connectivity index (χ1) is 7.07. The largest absolute Gasteiger partial charge is 0.488 e. The molecule has 1 aliphatic rings. The van der Waals surface area contributed by atoms with Crippen LogP contribution < -0.4 is 4.74 Å². The molecule has 0 fully saturated rings. The summed E-state index contributed by atoms with van der Waals surface area (Å²) in [4.78, 5) is 0. The van der Waals surface area contributed by atoms with Gasteiger partial charge in [-0.2, -0.15) is 0 Å². The Morgan fingerprint density at radius 3 is 2.60 bits per heavy atom. The van der Waals surface area contributed by atoms with Crippen LogP contribution in [0.3, 0.4) is 0 Å². The number of hydrogen-bond acceptors (Lipinski definition) is 1. The highest BCUT2D eigenvalue weighted by molar-refractivity contribution is 5.36. The molecular formula is C13H19FO. The molecule has 0 spiro atoms. The second-order valence-corrected chi connectivity index (χ2v) is 4.11. The van der Waals surface area contributed by atoms with Crippen molar-refractivity contribution >= 4 is 0 Å². The predicted molar refractivity (Wildman–Crippen MR) is 60.8 cm³/mol. The number of ether oxygens (including phenoxy) is 1. The number of fused-ring (bicyclic) bond motifs is 1. The third kappa shape index (κ3) is 2.95. The van der Waals surface area contributed by atoms with Gasteiger partial charge in [-0.15, -0.1) is 0 Å². The van der Waals surface area contributed by atoms with Gasteiger partial charge in [0.15, 0.2) is 0 Å². The summed E-state index contributed by atoms with van der Waals surface area (Å²) in [6.45, 7) is 8.11. The zero-order chi connectivity index (χ0) is 11.5. The van der Waals surface area contributed by atoms with E-state index in [1.807, 2.05) is 13.8 Å². The summed E-state index contributed by atoms with van der Waals surface area (Å²) in [5.74, 6) is 0.653. The van der Waals surface area contributed by atoms with Crippen LogP contribution in [0.4, 0.5) is 4.39 Å². The topological polar surface area (TPSA) is 9.23 Å². The van der Waals surface area contributed by atoms with E-state index in [0.29, 0.717) is 0 Å². The Balaban J connectivity index is 0.000000531. The van der Waals surface area contributed by atoms with Gasteiger partial charge in [-0.05, 0) is 50.5 Å². The predicted octanol–water partition coefficient (Wildman–Crippen LogP) is 3.96. The van der Waals surface area contributed by atoms with E-state index in [-0.39, 0.29) is 11.4 Å². The molecule has 0 unspecified atom stereocenters. The van der Waals surface area contributed by atoms with Gasteiger partial charge in [0.05, 0.1) is 0 Å². The van der Waals surface area contributed by atoms with Crippen LogP contribution in [-0.4, -0.2) is 5.60 Å². The minimum atomic E-state index is -0.179. The Hall–Kier alpha value is -1.05. The van der Waals surface area contributed by atoms with Gasteiger partial charge in [-0.3, -0.25) is 0 Å². The van der Waals surface area contributed by atoms with Gasteiger partial charge in [0.25, 0.3) is 0 Å². The Labute approximate surface area is 91.3 Å². The summed E-state index contributed by atoms with van der Waals surface area (Å²) in [5, 5.41) is 0. The molecule has 84 valence electrons. The van der Waals surface area contributed by atoms with Gasteiger partial charge in [-0.1, -0.05) is 13.8 Å². The van der Waals surface area contributed by atoms with Gasteiger partial charge in [-0.25, -0.2) is 4.39 Å². The molecule has 1 nitrogen and oxygen atoms in total. The van der Waals surface area contributed by atoms with E-state index in [0.717, 1.165) is 24.2 Å². The minimum Gasteiger partial charge on any atom is -0.488 e. The second kappa shape index (κ2) is 4.65. The molecule has 1 aliphatic heterocycles. The first kappa shape index (κ1) is 12.0. The van der Waals surface area contributed by atoms with Crippen LogP contribution in [0.2, 0.25) is 0 Å². The van der Waals surface area contributed by atoms with E-state index in [2.05, 4.69) is 13.8 Å². The third-order valence-corrected chi connectivity index (χ3v) is 2.41. The van der Waals surface area contributed by atoms with Crippen molar-refractivity contribution in [1.29, 1.82) is 0 Å². The fourth-order valence-electron chi connectivity index (χ4n) is 1.63. The minimum absolute atomic E-state index is 0.106. The highest BCUT2D eigenvalue weighted by atomic mass is 19.1. The van der Waals surface area contributed by atoms with Crippen molar-refractivity contribution in [3.63, 3.8) is 0 Å². The number of rotatable bonds is 0. The fraction of sp³-hybridized carbons (Fsp3) is 0.538. The molecule has 0 radical (unpaired) electrons. The average molecular weight is 210 g/mol. The lowest BCUT2D eigenvalue weighted by Gasteiger charge is -2.32. The Morgan fingerprint density at radius 1 is 1.27 bits per heavy atom. The SMILES string of the molecule is CC.CC1(C)CCc2cc(F)ccc2O1. The lowest BCUT2D eigenvalue weighted by molar-refractivity contribution is 0.0844. The first-order valence-corrected chi connectivity index (χ1v) is 5.54. The summed E-state index contributed by atoms with van der Waals surface area (Å²) < 4.78 is 18.5.